The van der Waals surface area contributed by atoms with Gasteiger partial charge in [-0.3, -0.25) is 9.59 Å². The molecule has 7 heteroatoms. The molecule has 4 rings (SSSR count). The average molecular weight is 430 g/mol. The molecular formula is C25H27N5O2. The maximum absolute atomic E-state index is 13.3. The fourth-order valence-electron chi connectivity index (χ4n) is 3.75. The van der Waals surface area contributed by atoms with E-state index < -0.39 is 0 Å². The molecule has 0 radical (unpaired) electrons. The Morgan fingerprint density at radius 1 is 1.03 bits per heavy atom. The summed E-state index contributed by atoms with van der Waals surface area (Å²) in [4.78, 5) is 26.1. The van der Waals surface area contributed by atoms with Gasteiger partial charge in [-0.1, -0.05) is 61.9 Å². The third-order valence-electron chi connectivity index (χ3n) is 5.51. The second kappa shape index (κ2) is 8.78. The van der Waals surface area contributed by atoms with Crippen LogP contribution in [-0.2, 0) is 11.3 Å². The predicted molar refractivity (Wildman–Crippen MR) is 125 cm³/mol. The van der Waals surface area contributed by atoms with Gasteiger partial charge in [0.15, 0.2) is 0 Å². The van der Waals surface area contributed by atoms with E-state index in [1.807, 2.05) is 82.3 Å². The molecule has 164 valence electrons. The Kier molecular flexibility index (Phi) is 5.90. The van der Waals surface area contributed by atoms with Gasteiger partial charge >= 0.3 is 0 Å². The van der Waals surface area contributed by atoms with Crippen molar-refractivity contribution >= 4 is 16.8 Å². The second-order valence-electron chi connectivity index (χ2n) is 8.36. The molecule has 0 fully saturated rings. The molecule has 0 spiro atoms. The molecule has 2 aromatic heterocycles. The highest BCUT2D eigenvalue weighted by Crippen LogP contribution is 2.23. The standard InChI is InChI=1S/C25H27N5O2/c1-16(2)23-21-14-26-30(20-8-6-5-7-9-20)24(21)25(32)29(28-23)15-22(31)27-18(4)19-12-10-17(3)11-13-19/h5-14,16,18H,15H2,1-4H3,(H,27,31)/t18-/m0/s1. The van der Waals surface area contributed by atoms with Crippen LogP contribution >= 0.6 is 0 Å². The van der Waals surface area contributed by atoms with Crippen molar-refractivity contribution in [3.8, 4) is 5.69 Å². The van der Waals surface area contributed by atoms with Crippen LogP contribution in [0, 0.1) is 6.92 Å². The topological polar surface area (TPSA) is 81.8 Å². The number of fused-ring (bicyclic) bond motifs is 1. The minimum atomic E-state index is -0.344. The van der Waals surface area contributed by atoms with Crippen LogP contribution in [0.25, 0.3) is 16.6 Å². The zero-order chi connectivity index (χ0) is 22.8. The summed E-state index contributed by atoms with van der Waals surface area (Å²) in [5, 5.41) is 12.7. The number of carbonyl (C=O) groups is 1. The van der Waals surface area contributed by atoms with E-state index in [2.05, 4.69) is 15.5 Å². The summed E-state index contributed by atoms with van der Waals surface area (Å²) in [6.07, 6.45) is 1.68. The van der Waals surface area contributed by atoms with Crippen molar-refractivity contribution in [1.29, 1.82) is 0 Å². The van der Waals surface area contributed by atoms with Crippen molar-refractivity contribution in [2.24, 2.45) is 0 Å². The lowest BCUT2D eigenvalue weighted by molar-refractivity contribution is -0.122. The van der Waals surface area contributed by atoms with Crippen LogP contribution in [-0.4, -0.2) is 25.5 Å². The largest absolute Gasteiger partial charge is 0.348 e. The molecule has 0 unspecified atom stereocenters. The molecule has 7 nitrogen and oxygen atoms in total. The number of benzene rings is 2. The molecule has 0 saturated heterocycles. The normalized spacial score (nSPS) is 12.3. The molecule has 0 bridgehead atoms. The fourth-order valence-corrected chi connectivity index (χ4v) is 3.75. The molecule has 0 saturated carbocycles. The lowest BCUT2D eigenvalue weighted by atomic mass is 10.1. The van der Waals surface area contributed by atoms with Crippen LogP contribution in [0.15, 0.2) is 65.6 Å². The SMILES string of the molecule is Cc1ccc([C@H](C)NC(=O)Cn2nc(C(C)C)c3cnn(-c4ccccc4)c3c2=O)cc1. The number of amides is 1. The quantitative estimate of drug-likeness (QED) is 0.504. The molecule has 1 amide bonds. The van der Waals surface area contributed by atoms with Crippen molar-refractivity contribution in [1.82, 2.24) is 24.9 Å². The first kappa shape index (κ1) is 21.5. The van der Waals surface area contributed by atoms with E-state index >= 15 is 0 Å². The maximum Gasteiger partial charge on any atom is 0.293 e. The van der Waals surface area contributed by atoms with E-state index in [0.717, 1.165) is 22.5 Å². The Balaban J connectivity index is 1.69. The van der Waals surface area contributed by atoms with E-state index in [0.29, 0.717) is 10.9 Å². The summed E-state index contributed by atoms with van der Waals surface area (Å²) < 4.78 is 2.87. The van der Waals surface area contributed by atoms with Gasteiger partial charge in [0.1, 0.15) is 12.1 Å². The highest BCUT2D eigenvalue weighted by Gasteiger charge is 2.20. The van der Waals surface area contributed by atoms with Gasteiger partial charge in [0.25, 0.3) is 5.56 Å². The third kappa shape index (κ3) is 4.19. The smallest absolute Gasteiger partial charge is 0.293 e. The zero-order valence-corrected chi connectivity index (χ0v) is 18.7. The summed E-state index contributed by atoms with van der Waals surface area (Å²) in [5.41, 5.74) is 3.76. The Labute approximate surface area is 186 Å². The van der Waals surface area contributed by atoms with Crippen LogP contribution in [0.5, 0.6) is 0 Å². The number of aryl methyl sites for hydroxylation is 1. The first-order valence-electron chi connectivity index (χ1n) is 10.7. The molecule has 0 aliphatic carbocycles. The van der Waals surface area contributed by atoms with E-state index in [1.54, 1.807) is 10.9 Å². The van der Waals surface area contributed by atoms with E-state index in [-0.39, 0.29) is 30.0 Å². The molecule has 2 heterocycles. The van der Waals surface area contributed by atoms with Crippen LogP contribution in [0.4, 0.5) is 0 Å². The summed E-state index contributed by atoms with van der Waals surface area (Å²) in [5.74, 6) is -0.208. The van der Waals surface area contributed by atoms with Gasteiger partial charge in [0.05, 0.1) is 23.6 Å². The minimum absolute atomic E-state index is 0.0623. The Hall–Kier alpha value is -3.74. The van der Waals surface area contributed by atoms with Crippen LogP contribution < -0.4 is 10.9 Å². The van der Waals surface area contributed by atoms with Gasteiger partial charge in [-0.15, -0.1) is 0 Å². The number of hydrogen-bond acceptors (Lipinski definition) is 4. The molecule has 1 N–H and O–H groups in total. The summed E-state index contributed by atoms with van der Waals surface area (Å²) >= 11 is 0. The second-order valence-corrected chi connectivity index (χ2v) is 8.36. The number of aromatic nitrogens is 4. The molecule has 4 aromatic rings. The number of carbonyl (C=O) groups excluding carboxylic acids is 1. The highest BCUT2D eigenvalue weighted by atomic mass is 16.2. The summed E-state index contributed by atoms with van der Waals surface area (Å²) in [7, 11) is 0. The van der Waals surface area contributed by atoms with Crippen LogP contribution in [0.3, 0.4) is 0 Å². The van der Waals surface area contributed by atoms with E-state index in [1.165, 1.54) is 4.68 Å². The zero-order valence-electron chi connectivity index (χ0n) is 18.7. The average Bonchev–Trinajstić information content (AvgIpc) is 3.22. The Bertz CT molecular complexity index is 1300. The van der Waals surface area contributed by atoms with Gasteiger partial charge in [-0.2, -0.15) is 10.2 Å². The highest BCUT2D eigenvalue weighted by molar-refractivity contribution is 5.82. The predicted octanol–water partition coefficient (Wildman–Crippen LogP) is 3.89. The number of nitrogens with zero attached hydrogens (tertiary/aromatic N) is 4. The van der Waals surface area contributed by atoms with Crippen molar-refractivity contribution in [3.63, 3.8) is 0 Å². The van der Waals surface area contributed by atoms with Crippen LogP contribution in [0.2, 0.25) is 0 Å². The molecule has 2 aromatic carbocycles. The first-order chi connectivity index (χ1) is 15.3. The summed E-state index contributed by atoms with van der Waals surface area (Å²) in [6, 6.07) is 17.3. The van der Waals surface area contributed by atoms with Crippen LogP contribution in [0.1, 0.15) is 49.6 Å². The molecular weight excluding hydrogens is 402 g/mol. The maximum atomic E-state index is 13.3. The minimum Gasteiger partial charge on any atom is -0.348 e. The van der Waals surface area contributed by atoms with Gasteiger partial charge in [0.2, 0.25) is 5.91 Å². The fraction of sp³-hybridized carbons (Fsp3) is 0.280. The number of nitrogens with one attached hydrogen (secondary N) is 1. The number of hydrogen-bond donors (Lipinski definition) is 1. The Morgan fingerprint density at radius 3 is 2.38 bits per heavy atom. The monoisotopic (exact) mass is 429 g/mol. The first-order valence-corrected chi connectivity index (χ1v) is 10.7. The van der Waals surface area contributed by atoms with Crippen molar-refractivity contribution in [2.45, 2.75) is 46.2 Å². The van der Waals surface area contributed by atoms with Gasteiger partial charge < -0.3 is 5.32 Å². The molecule has 0 aliphatic rings. The van der Waals surface area contributed by atoms with Gasteiger partial charge in [-0.05, 0) is 37.5 Å². The third-order valence-corrected chi connectivity index (χ3v) is 5.51. The summed E-state index contributed by atoms with van der Waals surface area (Å²) in [6.45, 7) is 7.80. The Morgan fingerprint density at radius 2 is 1.72 bits per heavy atom. The number of rotatable bonds is 6. The van der Waals surface area contributed by atoms with Crippen molar-refractivity contribution in [2.75, 3.05) is 0 Å². The number of para-hydroxylation sites is 1. The lowest BCUT2D eigenvalue weighted by Crippen LogP contribution is -2.36. The van der Waals surface area contributed by atoms with Crippen molar-refractivity contribution in [3.05, 3.63) is 88.0 Å². The molecule has 32 heavy (non-hydrogen) atoms. The lowest BCUT2D eigenvalue weighted by Gasteiger charge is -2.16. The van der Waals surface area contributed by atoms with Gasteiger partial charge in [0, 0.05) is 5.39 Å². The molecule has 1 atom stereocenters. The van der Waals surface area contributed by atoms with Gasteiger partial charge in [-0.25, -0.2) is 9.36 Å². The van der Waals surface area contributed by atoms with E-state index in [9.17, 15) is 9.59 Å². The van der Waals surface area contributed by atoms with E-state index in [4.69, 9.17) is 0 Å². The van der Waals surface area contributed by atoms with Crippen molar-refractivity contribution < 1.29 is 4.79 Å². The molecule has 0 aliphatic heterocycles.